The smallest absolute Gasteiger partial charge is 0.315 e. The molecule has 5 nitrogen and oxygen atoms in total. The first kappa shape index (κ1) is 14.1. The molecule has 2 rings (SSSR count). The maximum Gasteiger partial charge on any atom is 0.315 e. The van der Waals surface area contributed by atoms with E-state index in [0.717, 1.165) is 11.3 Å². The highest BCUT2D eigenvalue weighted by Crippen LogP contribution is 2.10. The Labute approximate surface area is 118 Å². The first-order chi connectivity index (χ1) is 9.54. The van der Waals surface area contributed by atoms with E-state index in [1.807, 2.05) is 26.0 Å². The lowest BCUT2D eigenvalue weighted by Crippen LogP contribution is -2.34. The van der Waals surface area contributed by atoms with Gasteiger partial charge in [0.15, 0.2) is 5.76 Å². The van der Waals surface area contributed by atoms with Gasteiger partial charge in [0.2, 0.25) is 0 Å². The summed E-state index contributed by atoms with van der Waals surface area (Å²) in [7, 11) is 0. The van der Waals surface area contributed by atoms with Crippen LogP contribution in [-0.2, 0) is 13.1 Å². The average molecular weight is 273 g/mol. The van der Waals surface area contributed by atoms with Gasteiger partial charge in [-0.3, -0.25) is 0 Å². The number of carbonyl (C=O) groups is 1. The molecule has 1 aromatic carbocycles. The molecule has 1 heterocycles. The number of aromatic nitrogens is 1. The first-order valence-corrected chi connectivity index (χ1v) is 6.54. The summed E-state index contributed by atoms with van der Waals surface area (Å²) in [6, 6.07) is 7.75. The Balaban J connectivity index is 1.80. The van der Waals surface area contributed by atoms with Gasteiger partial charge >= 0.3 is 6.03 Å². The molecule has 0 atom stereocenters. The highest BCUT2D eigenvalue weighted by molar-refractivity contribution is 5.73. The summed E-state index contributed by atoms with van der Waals surface area (Å²) in [5, 5.41) is 9.32. The molecule has 0 aliphatic carbocycles. The van der Waals surface area contributed by atoms with Crippen molar-refractivity contribution in [1.29, 1.82) is 0 Å². The van der Waals surface area contributed by atoms with Gasteiger partial charge in [-0.1, -0.05) is 28.9 Å². The highest BCUT2D eigenvalue weighted by Gasteiger charge is 2.05. The Kier molecular flexibility index (Phi) is 4.40. The summed E-state index contributed by atoms with van der Waals surface area (Å²) in [4.78, 5) is 11.7. The quantitative estimate of drug-likeness (QED) is 0.899. The molecule has 2 amide bonds. The summed E-state index contributed by atoms with van der Waals surface area (Å²) < 4.78 is 5.02. The van der Waals surface area contributed by atoms with Crippen LogP contribution in [0, 0.1) is 20.8 Å². The second-order valence-electron chi connectivity index (χ2n) is 4.90. The van der Waals surface area contributed by atoms with Gasteiger partial charge in [0, 0.05) is 12.6 Å². The van der Waals surface area contributed by atoms with Crippen molar-refractivity contribution in [3.63, 3.8) is 0 Å². The summed E-state index contributed by atoms with van der Waals surface area (Å²) in [6.07, 6.45) is 0. The van der Waals surface area contributed by atoms with Crippen LogP contribution in [0.3, 0.4) is 0 Å². The molecule has 0 saturated heterocycles. The van der Waals surface area contributed by atoms with Crippen LogP contribution in [0.1, 0.15) is 28.1 Å². The Morgan fingerprint density at radius 1 is 1.15 bits per heavy atom. The number of hydrogen-bond donors (Lipinski definition) is 2. The molecule has 20 heavy (non-hydrogen) atoms. The Bertz CT molecular complexity index is 605. The van der Waals surface area contributed by atoms with Crippen molar-refractivity contribution in [3.8, 4) is 0 Å². The maximum absolute atomic E-state index is 11.7. The number of carbonyl (C=O) groups excluding carboxylic acids is 1. The normalized spacial score (nSPS) is 10.3. The molecule has 0 radical (unpaired) electrons. The number of aryl methyl sites for hydroxylation is 3. The molecule has 0 bridgehead atoms. The van der Waals surface area contributed by atoms with Gasteiger partial charge in [-0.25, -0.2) is 4.79 Å². The van der Waals surface area contributed by atoms with Crippen LogP contribution >= 0.6 is 0 Å². The van der Waals surface area contributed by atoms with E-state index < -0.39 is 0 Å². The van der Waals surface area contributed by atoms with Gasteiger partial charge in [-0.15, -0.1) is 0 Å². The predicted octanol–water partition coefficient (Wildman–Crippen LogP) is 2.60. The number of nitrogens with one attached hydrogen (secondary N) is 2. The van der Waals surface area contributed by atoms with E-state index in [1.165, 1.54) is 11.1 Å². The highest BCUT2D eigenvalue weighted by atomic mass is 16.5. The van der Waals surface area contributed by atoms with Crippen LogP contribution in [0.4, 0.5) is 4.79 Å². The summed E-state index contributed by atoms with van der Waals surface area (Å²) in [6.45, 7) is 6.77. The number of amides is 2. The topological polar surface area (TPSA) is 67.2 Å². The average Bonchev–Trinajstić information content (AvgIpc) is 2.81. The van der Waals surface area contributed by atoms with Gasteiger partial charge in [-0.2, -0.15) is 0 Å². The molecule has 0 fully saturated rings. The Morgan fingerprint density at radius 3 is 2.55 bits per heavy atom. The lowest BCUT2D eigenvalue weighted by Gasteiger charge is -2.09. The lowest BCUT2D eigenvalue weighted by atomic mass is 10.1. The summed E-state index contributed by atoms with van der Waals surface area (Å²) in [5.41, 5.74) is 4.31. The third-order valence-electron chi connectivity index (χ3n) is 3.04. The van der Waals surface area contributed by atoms with Crippen molar-refractivity contribution >= 4 is 6.03 Å². The molecule has 1 aromatic heterocycles. The van der Waals surface area contributed by atoms with Gasteiger partial charge < -0.3 is 15.2 Å². The molecule has 0 unspecified atom stereocenters. The maximum atomic E-state index is 11.7. The van der Waals surface area contributed by atoms with Crippen molar-refractivity contribution in [3.05, 3.63) is 52.4 Å². The second-order valence-corrected chi connectivity index (χ2v) is 4.90. The monoisotopic (exact) mass is 273 g/mol. The van der Waals surface area contributed by atoms with E-state index in [2.05, 4.69) is 28.8 Å². The van der Waals surface area contributed by atoms with E-state index in [4.69, 9.17) is 4.52 Å². The van der Waals surface area contributed by atoms with Gasteiger partial charge in [0.25, 0.3) is 0 Å². The van der Waals surface area contributed by atoms with E-state index in [9.17, 15) is 4.79 Å². The fourth-order valence-electron chi connectivity index (χ4n) is 1.95. The van der Waals surface area contributed by atoms with Crippen LogP contribution in [-0.4, -0.2) is 11.2 Å². The minimum atomic E-state index is -0.223. The first-order valence-electron chi connectivity index (χ1n) is 6.54. The molecule has 2 N–H and O–H groups in total. The van der Waals surface area contributed by atoms with Gasteiger partial charge in [-0.05, 0) is 31.9 Å². The molecule has 0 spiro atoms. The largest absolute Gasteiger partial charge is 0.359 e. The molecule has 5 heteroatoms. The molecular weight excluding hydrogens is 254 g/mol. The van der Waals surface area contributed by atoms with E-state index in [0.29, 0.717) is 18.8 Å². The van der Waals surface area contributed by atoms with Crippen LogP contribution in [0.25, 0.3) is 0 Å². The molecule has 2 aromatic rings. The minimum absolute atomic E-state index is 0.223. The number of rotatable bonds is 4. The third-order valence-corrected chi connectivity index (χ3v) is 3.04. The van der Waals surface area contributed by atoms with Crippen molar-refractivity contribution in [2.75, 3.05) is 0 Å². The fourth-order valence-corrected chi connectivity index (χ4v) is 1.95. The van der Waals surface area contributed by atoms with Crippen LogP contribution in [0.5, 0.6) is 0 Å². The Morgan fingerprint density at radius 2 is 1.90 bits per heavy atom. The standard InChI is InChI=1S/C15H19N3O2/c1-10-4-5-13(11(2)6-10)8-16-15(19)17-9-14-7-12(3)18-20-14/h4-7H,8-9H2,1-3H3,(H2,16,17,19). The Hall–Kier alpha value is -2.30. The zero-order valence-corrected chi connectivity index (χ0v) is 12.0. The number of nitrogens with zero attached hydrogens (tertiary/aromatic N) is 1. The van der Waals surface area contributed by atoms with Crippen LogP contribution in [0.2, 0.25) is 0 Å². The fraction of sp³-hybridized carbons (Fsp3) is 0.333. The van der Waals surface area contributed by atoms with E-state index in [-0.39, 0.29) is 6.03 Å². The van der Waals surface area contributed by atoms with Crippen LogP contribution in [0.15, 0.2) is 28.8 Å². The molecule has 0 saturated carbocycles. The van der Waals surface area contributed by atoms with E-state index >= 15 is 0 Å². The molecule has 0 aliphatic heterocycles. The van der Waals surface area contributed by atoms with Crippen molar-refractivity contribution in [2.24, 2.45) is 0 Å². The molecular formula is C15H19N3O2. The minimum Gasteiger partial charge on any atom is -0.359 e. The van der Waals surface area contributed by atoms with Crippen LogP contribution < -0.4 is 10.6 Å². The predicted molar refractivity (Wildman–Crippen MR) is 76.2 cm³/mol. The molecule has 0 aliphatic rings. The number of urea groups is 1. The SMILES string of the molecule is Cc1ccc(CNC(=O)NCc2cc(C)no2)c(C)c1. The zero-order valence-electron chi connectivity index (χ0n) is 12.0. The summed E-state index contributed by atoms with van der Waals surface area (Å²) >= 11 is 0. The lowest BCUT2D eigenvalue weighted by molar-refractivity contribution is 0.238. The van der Waals surface area contributed by atoms with Gasteiger partial charge in [0.1, 0.15) is 0 Å². The van der Waals surface area contributed by atoms with Crippen molar-refractivity contribution in [2.45, 2.75) is 33.9 Å². The third kappa shape index (κ3) is 3.85. The second kappa shape index (κ2) is 6.23. The van der Waals surface area contributed by atoms with Gasteiger partial charge in [0.05, 0.1) is 12.2 Å². The van der Waals surface area contributed by atoms with E-state index in [1.54, 1.807) is 6.07 Å². The zero-order chi connectivity index (χ0) is 14.5. The number of hydrogen-bond acceptors (Lipinski definition) is 3. The van der Waals surface area contributed by atoms with Crippen molar-refractivity contribution < 1.29 is 9.32 Å². The molecule has 106 valence electrons. The van der Waals surface area contributed by atoms with Crippen molar-refractivity contribution in [1.82, 2.24) is 15.8 Å². The number of benzene rings is 1. The summed E-state index contributed by atoms with van der Waals surface area (Å²) in [5.74, 6) is 0.643.